The summed E-state index contributed by atoms with van der Waals surface area (Å²) in [6.45, 7) is 6.80. The normalized spacial score (nSPS) is 14.8. The molecular formula is C28H33N5O5. The second-order valence-corrected chi connectivity index (χ2v) is 9.43. The lowest BCUT2D eigenvalue weighted by molar-refractivity contribution is -0.123. The first-order chi connectivity index (χ1) is 18.3. The van der Waals surface area contributed by atoms with Gasteiger partial charge in [-0.3, -0.25) is 14.6 Å². The van der Waals surface area contributed by atoms with Crippen LogP contribution in [0.15, 0.2) is 46.7 Å². The van der Waals surface area contributed by atoms with Gasteiger partial charge in [0.1, 0.15) is 23.0 Å². The van der Waals surface area contributed by atoms with Crippen LogP contribution in [-0.2, 0) is 24.3 Å². The zero-order valence-corrected chi connectivity index (χ0v) is 22.0. The van der Waals surface area contributed by atoms with Crippen LogP contribution in [0.4, 0.5) is 4.79 Å². The maximum atomic E-state index is 13.4. The van der Waals surface area contributed by atoms with Gasteiger partial charge in [0.25, 0.3) is 5.91 Å². The van der Waals surface area contributed by atoms with Crippen molar-refractivity contribution in [1.82, 2.24) is 24.5 Å². The SMILES string of the molecule is CCCCc1ncc(/C=C2/C(=O)N(CCCC)C(=O)N2Cc2cc(C)on2)n1Cc1ccc(C(=O)O)cc1. The van der Waals surface area contributed by atoms with Crippen LogP contribution < -0.4 is 0 Å². The molecule has 3 aromatic rings. The first-order valence-electron chi connectivity index (χ1n) is 13.0. The molecule has 0 saturated carbocycles. The van der Waals surface area contributed by atoms with E-state index in [1.807, 2.05) is 11.5 Å². The number of benzene rings is 1. The second-order valence-electron chi connectivity index (χ2n) is 9.43. The highest BCUT2D eigenvalue weighted by molar-refractivity contribution is 6.13. The average Bonchev–Trinajstić information content (AvgIpc) is 3.55. The Morgan fingerprint density at radius 2 is 1.79 bits per heavy atom. The van der Waals surface area contributed by atoms with Crippen molar-refractivity contribution in [2.24, 2.45) is 0 Å². The summed E-state index contributed by atoms with van der Waals surface area (Å²) in [4.78, 5) is 45.4. The molecule has 1 saturated heterocycles. The number of urea groups is 1. The number of amides is 3. The number of carboxylic acids is 1. The van der Waals surface area contributed by atoms with E-state index in [0.717, 1.165) is 37.1 Å². The highest BCUT2D eigenvalue weighted by atomic mass is 16.5. The van der Waals surface area contributed by atoms with Crippen molar-refractivity contribution in [2.75, 3.05) is 6.54 Å². The molecule has 0 spiro atoms. The molecule has 4 rings (SSSR count). The highest BCUT2D eigenvalue weighted by Gasteiger charge is 2.41. The maximum absolute atomic E-state index is 13.4. The summed E-state index contributed by atoms with van der Waals surface area (Å²) < 4.78 is 7.19. The van der Waals surface area contributed by atoms with Gasteiger partial charge in [0.15, 0.2) is 0 Å². The molecule has 1 fully saturated rings. The summed E-state index contributed by atoms with van der Waals surface area (Å²) in [5.41, 5.74) is 2.62. The summed E-state index contributed by atoms with van der Waals surface area (Å²) in [5.74, 6) is 0.156. The van der Waals surface area contributed by atoms with E-state index in [4.69, 9.17) is 4.52 Å². The summed E-state index contributed by atoms with van der Waals surface area (Å²) in [5, 5.41) is 13.2. The second kappa shape index (κ2) is 11.9. The van der Waals surface area contributed by atoms with Gasteiger partial charge in [0.2, 0.25) is 0 Å². The molecule has 3 heterocycles. The molecular weight excluding hydrogens is 486 g/mol. The van der Waals surface area contributed by atoms with Crippen LogP contribution >= 0.6 is 0 Å². The largest absolute Gasteiger partial charge is 0.478 e. The monoisotopic (exact) mass is 519 g/mol. The Bertz CT molecular complexity index is 1340. The predicted octanol–water partition coefficient (Wildman–Crippen LogP) is 4.87. The lowest BCUT2D eigenvalue weighted by atomic mass is 10.1. The van der Waals surface area contributed by atoms with E-state index < -0.39 is 5.97 Å². The molecule has 1 aliphatic rings. The Morgan fingerprint density at radius 3 is 2.42 bits per heavy atom. The molecule has 200 valence electrons. The summed E-state index contributed by atoms with van der Waals surface area (Å²) >= 11 is 0. The van der Waals surface area contributed by atoms with Crippen molar-refractivity contribution < 1.29 is 24.0 Å². The van der Waals surface area contributed by atoms with E-state index in [9.17, 15) is 19.5 Å². The zero-order valence-electron chi connectivity index (χ0n) is 22.0. The van der Waals surface area contributed by atoms with Gasteiger partial charge in [-0.05, 0) is 43.5 Å². The van der Waals surface area contributed by atoms with Crippen molar-refractivity contribution in [3.63, 3.8) is 0 Å². The Kier molecular flexibility index (Phi) is 8.40. The van der Waals surface area contributed by atoms with Crippen LogP contribution in [0.5, 0.6) is 0 Å². The number of hydrogen-bond acceptors (Lipinski definition) is 6. The Labute approximate surface area is 221 Å². The van der Waals surface area contributed by atoms with E-state index in [-0.39, 0.29) is 29.7 Å². The molecule has 3 amide bonds. The lowest BCUT2D eigenvalue weighted by Crippen LogP contribution is -2.33. The number of aromatic nitrogens is 3. The van der Waals surface area contributed by atoms with Crippen molar-refractivity contribution in [3.8, 4) is 0 Å². The third kappa shape index (κ3) is 5.85. The minimum atomic E-state index is -0.979. The average molecular weight is 520 g/mol. The predicted molar refractivity (Wildman–Crippen MR) is 140 cm³/mol. The highest BCUT2D eigenvalue weighted by Crippen LogP contribution is 2.27. The van der Waals surface area contributed by atoms with Crippen molar-refractivity contribution in [1.29, 1.82) is 0 Å². The van der Waals surface area contributed by atoms with Crippen LogP contribution in [0.3, 0.4) is 0 Å². The Balaban J connectivity index is 1.72. The number of rotatable bonds is 12. The molecule has 38 heavy (non-hydrogen) atoms. The fourth-order valence-corrected chi connectivity index (χ4v) is 4.39. The summed E-state index contributed by atoms with van der Waals surface area (Å²) in [6, 6.07) is 8.07. The number of aryl methyl sites for hydroxylation is 2. The molecule has 2 aromatic heterocycles. The fourth-order valence-electron chi connectivity index (χ4n) is 4.39. The Hall–Kier alpha value is -4.21. The van der Waals surface area contributed by atoms with Crippen LogP contribution in [0.1, 0.15) is 78.4 Å². The molecule has 1 N–H and O–H groups in total. The molecule has 10 nitrogen and oxygen atoms in total. The van der Waals surface area contributed by atoms with E-state index in [1.54, 1.807) is 49.5 Å². The maximum Gasteiger partial charge on any atom is 0.335 e. The van der Waals surface area contributed by atoms with Crippen molar-refractivity contribution >= 4 is 24.0 Å². The molecule has 0 aliphatic carbocycles. The van der Waals surface area contributed by atoms with Gasteiger partial charge >= 0.3 is 12.0 Å². The Morgan fingerprint density at radius 1 is 1.05 bits per heavy atom. The van der Waals surface area contributed by atoms with Gasteiger partial charge in [-0.2, -0.15) is 0 Å². The van der Waals surface area contributed by atoms with Gasteiger partial charge in [0.05, 0.1) is 24.0 Å². The van der Waals surface area contributed by atoms with Crippen LogP contribution in [0, 0.1) is 6.92 Å². The molecule has 0 bridgehead atoms. The van der Waals surface area contributed by atoms with E-state index >= 15 is 0 Å². The zero-order chi connectivity index (χ0) is 27.2. The van der Waals surface area contributed by atoms with Gasteiger partial charge in [-0.15, -0.1) is 0 Å². The number of nitrogens with zero attached hydrogens (tertiary/aromatic N) is 5. The molecule has 0 radical (unpaired) electrons. The topological polar surface area (TPSA) is 122 Å². The van der Waals surface area contributed by atoms with Crippen molar-refractivity contribution in [3.05, 3.63) is 76.3 Å². The summed E-state index contributed by atoms with van der Waals surface area (Å²) in [6.07, 6.45) is 7.71. The minimum Gasteiger partial charge on any atom is -0.478 e. The van der Waals surface area contributed by atoms with Crippen LogP contribution in [0.25, 0.3) is 6.08 Å². The number of carboxylic acid groups (broad SMARTS) is 1. The number of imidazole rings is 1. The number of unbranched alkanes of at least 4 members (excludes halogenated alkanes) is 2. The van der Waals surface area contributed by atoms with E-state index in [0.29, 0.717) is 36.7 Å². The number of imide groups is 1. The van der Waals surface area contributed by atoms with Gasteiger partial charge < -0.3 is 14.2 Å². The molecule has 0 unspecified atom stereocenters. The number of hydrogen-bond donors (Lipinski definition) is 1. The molecule has 1 aromatic carbocycles. The van der Waals surface area contributed by atoms with Gasteiger partial charge in [0, 0.05) is 25.6 Å². The van der Waals surface area contributed by atoms with Crippen LogP contribution in [-0.4, -0.2) is 54.1 Å². The van der Waals surface area contributed by atoms with Crippen LogP contribution in [0.2, 0.25) is 0 Å². The number of aromatic carboxylic acids is 1. The quantitative estimate of drug-likeness (QED) is 0.267. The smallest absolute Gasteiger partial charge is 0.335 e. The standard InChI is InChI=1S/C28H33N5O5/c1-4-6-8-25-29-16-23(32(25)17-20-9-11-21(12-10-20)27(35)36)15-24-26(34)31(13-7-5-2)28(37)33(24)18-22-14-19(3)38-30-22/h9-12,14-16H,4-8,13,17-18H2,1-3H3,(H,35,36)/b24-15-. The third-order valence-corrected chi connectivity index (χ3v) is 6.50. The molecule has 1 aliphatic heterocycles. The summed E-state index contributed by atoms with van der Waals surface area (Å²) in [7, 11) is 0. The third-order valence-electron chi connectivity index (χ3n) is 6.50. The fraction of sp³-hybridized carbons (Fsp3) is 0.393. The van der Waals surface area contributed by atoms with Crippen molar-refractivity contribution in [2.45, 2.75) is 66.0 Å². The van der Waals surface area contributed by atoms with Gasteiger partial charge in [-0.25, -0.2) is 14.6 Å². The van der Waals surface area contributed by atoms with E-state index in [2.05, 4.69) is 17.1 Å². The lowest BCUT2D eigenvalue weighted by Gasteiger charge is -2.16. The van der Waals surface area contributed by atoms with E-state index in [1.165, 1.54) is 9.80 Å². The first kappa shape index (κ1) is 26.8. The minimum absolute atomic E-state index is 0.115. The molecule has 10 heteroatoms. The van der Waals surface area contributed by atoms with Gasteiger partial charge in [-0.1, -0.05) is 44.0 Å². The first-order valence-corrected chi connectivity index (χ1v) is 13.0. The molecule has 0 atom stereocenters. The number of carbonyl (C=O) groups excluding carboxylic acids is 2. The number of carbonyl (C=O) groups is 3.